The minimum absolute atomic E-state index is 0.662. The standard InChI is InChI=1S/C15H10OS/c16-11-14-5-3-12(4-6-14)1-2-13-7-9-15(17)10-8-13/h3-11,17H. The maximum absolute atomic E-state index is 10.5. The number of rotatable bonds is 1. The van der Waals surface area contributed by atoms with Gasteiger partial charge in [0.25, 0.3) is 0 Å². The maximum atomic E-state index is 10.5. The summed E-state index contributed by atoms with van der Waals surface area (Å²) in [6, 6.07) is 14.9. The first kappa shape index (κ1) is 11.5. The summed E-state index contributed by atoms with van der Waals surface area (Å²) in [7, 11) is 0. The summed E-state index contributed by atoms with van der Waals surface area (Å²) in [5.74, 6) is 6.09. The molecule has 2 aromatic rings. The van der Waals surface area contributed by atoms with Gasteiger partial charge in [-0.05, 0) is 36.4 Å². The van der Waals surface area contributed by atoms with Crippen LogP contribution in [0.1, 0.15) is 21.5 Å². The van der Waals surface area contributed by atoms with Gasteiger partial charge in [-0.25, -0.2) is 0 Å². The topological polar surface area (TPSA) is 17.1 Å². The van der Waals surface area contributed by atoms with E-state index in [4.69, 9.17) is 0 Å². The van der Waals surface area contributed by atoms with E-state index >= 15 is 0 Å². The fraction of sp³-hybridized carbons (Fsp3) is 0. The maximum Gasteiger partial charge on any atom is 0.150 e. The van der Waals surface area contributed by atoms with Gasteiger partial charge in [-0.3, -0.25) is 4.79 Å². The first-order chi connectivity index (χ1) is 8.28. The molecule has 2 heteroatoms. The van der Waals surface area contributed by atoms with Crippen molar-refractivity contribution < 1.29 is 4.79 Å². The summed E-state index contributed by atoms with van der Waals surface area (Å²) >= 11 is 4.21. The van der Waals surface area contributed by atoms with Crippen LogP contribution in [0.2, 0.25) is 0 Å². The van der Waals surface area contributed by atoms with Crippen molar-refractivity contribution >= 4 is 18.9 Å². The van der Waals surface area contributed by atoms with Gasteiger partial charge in [-0.2, -0.15) is 0 Å². The molecule has 0 radical (unpaired) electrons. The molecule has 0 saturated carbocycles. The lowest BCUT2D eigenvalue weighted by Crippen LogP contribution is -1.80. The third kappa shape index (κ3) is 3.24. The third-order valence-electron chi connectivity index (χ3n) is 2.27. The molecule has 0 aliphatic heterocycles. The molecule has 82 valence electrons. The van der Waals surface area contributed by atoms with Crippen molar-refractivity contribution in [2.75, 3.05) is 0 Å². The van der Waals surface area contributed by atoms with Crippen LogP contribution in [-0.4, -0.2) is 6.29 Å². The van der Waals surface area contributed by atoms with E-state index in [0.29, 0.717) is 5.56 Å². The van der Waals surface area contributed by atoms with E-state index in [-0.39, 0.29) is 0 Å². The Morgan fingerprint density at radius 2 is 1.29 bits per heavy atom. The minimum Gasteiger partial charge on any atom is -0.298 e. The number of benzene rings is 2. The summed E-state index contributed by atoms with van der Waals surface area (Å²) in [6.45, 7) is 0. The Labute approximate surface area is 106 Å². The van der Waals surface area contributed by atoms with Gasteiger partial charge in [0.05, 0.1) is 0 Å². The molecular weight excluding hydrogens is 228 g/mol. The monoisotopic (exact) mass is 238 g/mol. The molecule has 1 nitrogen and oxygen atoms in total. The van der Waals surface area contributed by atoms with Gasteiger partial charge in [0.2, 0.25) is 0 Å². The summed E-state index contributed by atoms with van der Waals surface area (Å²) in [5.41, 5.74) is 2.50. The van der Waals surface area contributed by atoms with Gasteiger partial charge < -0.3 is 0 Å². The van der Waals surface area contributed by atoms with Crippen LogP contribution in [0, 0.1) is 11.8 Å². The van der Waals surface area contributed by atoms with Crippen LogP contribution in [0.5, 0.6) is 0 Å². The Hall–Kier alpha value is -1.98. The summed E-state index contributed by atoms with van der Waals surface area (Å²) in [4.78, 5) is 11.4. The molecule has 0 aromatic heterocycles. The van der Waals surface area contributed by atoms with Crippen molar-refractivity contribution in [3.05, 3.63) is 65.2 Å². The SMILES string of the molecule is O=Cc1ccc(C#Cc2ccc(S)cc2)cc1. The van der Waals surface area contributed by atoms with Crippen molar-refractivity contribution in [3.8, 4) is 11.8 Å². The van der Waals surface area contributed by atoms with Crippen LogP contribution in [0.25, 0.3) is 0 Å². The Balaban J connectivity index is 2.20. The average molecular weight is 238 g/mol. The molecule has 0 amide bonds. The molecule has 0 aliphatic carbocycles. The Morgan fingerprint density at radius 1 is 0.824 bits per heavy atom. The van der Waals surface area contributed by atoms with Gasteiger partial charge in [-0.1, -0.05) is 24.0 Å². The summed E-state index contributed by atoms with van der Waals surface area (Å²) in [6.07, 6.45) is 0.822. The van der Waals surface area contributed by atoms with E-state index in [9.17, 15) is 4.79 Å². The van der Waals surface area contributed by atoms with Gasteiger partial charge in [0, 0.05) is 21.6 Å². The van der Waals surface area contributed by atoms with E-state index in [1.807, 2.05) is 36.4 Å². The van der Waals surface area contributed by atoms with E-state index in [2.05, 4.69) is 24.5 Å². The molecule has 2 aromatic carbocycles. The summed E-state index contributed by atoms with van der Waals surface area (Å²) < 4.78 is 0. The van der Waals surface area contributed by atoms with E-state index in [1.165, 1.54) is 0 Å². The fourth-order valence-electron chi connectivity index (χ4n) is 1.33. The molecule has 0 atom stereocenters. The average Bonchev–Trinajstić information content (AvgIpc) is 2.39. The van der Waals surface area contributed by atoms with E-state index in [0.717, 1.165) is 22.3 Å². The molecule has 0 heterocycles. The van der Waals surface area contributed by atoms with Crippen molar-refractivity contribution in [2.45, 2.75) is 4.90 Å². The van der Waals surface area contributed by atoms with Crippen molar-refractivity contribution in [3.63, 3.8) is 0 Å². The highest BCUT2D eigenvalue weighted by atomic mass is 32.1. The van der Waals surface area contributed by atoms with Crippen LogP contribution in [0.4, 0.5) is 0 Å². The van der Waals surface area contributed by atoms with Gasteiger partial charge in [0.1, 0.15) is 6.29 Å². The molecule has 0 spiro atoms. The van der Waals surface area contributed by atoms with Crippen LogP contribution in [0.15, 0.2) is 53.4 Å². The van der Waals surface area contributed by atoms with Crippen LogP contribution in [0.3, 0.4) is 0 Å². The highest BCUT2D eigenvalue weighted by Crippen LogP contribution is 2.07. The predicted octanol–water partition coefficient (Wildman–Crippen LogP) is 3.19. The normalized spacial score (nSPS) is 9.24. The number of carbonyl (C=O) groups excluding carboxylic acids is 1. The lowest BCUT2D eigenvalue weighted by molar-refractivity contribution is 0.112. The number of hydrogen-bond acceptors (Lipinski definition) is 2. The zero-order valence-corrected chi connectivity index (χ0v) is 9.95. The molecule has 0 unspecified atom stereocenters. The zero-order chi connectivity index (χ0) is 12.1. The largest absolute Gasteiger partial charge is 0.298 e. The second kappa shape index (κ2) is 5.38. The van der Waals surface area contributed by atoms with Crippen molar-refractivity contribution in [1.82, 2.24) is 0 Å². The second-order valence-electron chi connectivity index (χ2n) is 3.54. The predicted molar refractivity (Wildman–Crippen MR) is 71.5 cm³/mol. The molecule has 0 aliphatic rings. The van der Waals surface area contributed by atoms with Gasteiger partial charge >= 0.3 is 0 Å². The highest BCUT2D eigenvalue weighted by Gasteiger charge is 1.90. The second-order valence-corrected chi connectivity index (χ2v) is 4.05. The molecule has 0 saturated heterocycles. The minimum atomic E-state index is 0.662. The smallest absolute Gasteiger partial charge is 0.150 e. The first-order valence-electron chi connectivity index (χ1n) is 5.14. The molecule has 0 N–H and O–H groups in total. The van der Waals surface area contributed by atoms with Crippen molar-refractivity contribution in [2.24, 2.45) is 0 Å². The van der Waals surface area contributed by atoms with Crippen LogP contribution < -0.4 is 0 Å². The Kier molecular flexibility index (Phi) is 3.64. The lowest BCUT2D eigenvalue weighted by atomic mass is 10.1. The highest BCUT2D eigenvalue weighted by molar-refractivity contribution is 7.80. The van der Waals surface area contributed by atoms with Gasteiger partial charge in [0.15, 0.2) is 0 Å². The molecule has 2 rings (SSSR count). The fourth-order valence-corrected chi connectivity index (χ4v) is 1.48. The van der Waals surface area contributed by atoms with Gasteiger partial charge in [-0.15, -0.1) is 12.6 Å². The number of aldehydes is 1. The Bertz CT molecular complexity index is 571. The molecule has 0 fully saturated rings. The van der Waals surface area contributed by atoms with E-state index < -0.39 is 0 Å². The van der Waals surface area contributed by atoms with Crippen LogP contribution >= 0.6 is 12.6 Å². The molecular formula is C15H10OS. The zero-order valence-electron chi connectivity index (χ0n) is 9.05. The first-order valence-corrected chi connectivity index (χ1v) is 5.59. The molecule has 17 heavy (non-hydrogen) atoms. The Morgan fingerprint density at radius 3 is 1.76 bits per heavy atom. The summed E-state index contributed by atoms with van der Waals surface area (Å²) in [5, 5.41) is 0. The van der Waals surface area contributed by atoms with Crippen molar-refractivity contribution in [1.29, 1.82) is 0 Å². The molecule has 0 bridgehead atoms. The third-order valence-corrected chi connectivity index (χ3v) is 2.56. The quantitative estimate of drug-likeness (QED) is 0.458. The van der Waals surface area contributed by atoms with E-state index in [1.54, 1.807) is 12.1 Å². The number of thiol groups is 1. The lowest BCUT2D eigenvalue weighted by Gasteiger charge is -1.92. The number of carbonyl (C=O) groups is 1. The van der Waals surface area contributed by atoms with Crippen LogP contribution in [-0.2, 0) is 0 Å². The number of hydrogen-bond donors (Lipinski definition) is 1.